The second kappa shape index (κ2) is 4.57. The van der Waals surface area contributed by atoms with E-state index >= 15 is 0 Å². The maximum absolute atomic E-state index is 11.6. The van der Waals surface area contributed by atoms with Gasteiger partial charge in [0.2, 0.25) is 0 Å². The first-order valence-corrected chi connectivity index (χ1v) is 7.84. The molecule has 89 valence electrons. The number of ketones is 1. The van der Waals surface area contributed by atoms with Gasteiger partial charge < -0.3 is 0 Å². The SMILES string of the molecule is CC(C)(C)C1=Cc2nc(C(=O)[CH2][Po])cnc2C1. The van der Waals surface area contributed by atoms with Crippen molar-refractivity contribution in [1.29, 1.82) is 0 Å². The molecule has 0 aromatic carbocycles. The zero-order chi connectivity index (χ0) is 12.6. The fourth-order valence-electron chi connectivity index (χ4n) is 1.77. The van der Waals surface area contributed by atoms with Crippen LogP contribution in [0, 0.1) is 5.41 Å². The molecule has 0 aliphatic heterocycles. The van der Waals surface area contributed by atoms with Crippen molar-refractivity contribution in [3.8, 4) is 0 Å². The third kappa shape index (κ3) is 2.63. The fraction of sp³-hybridized carbons (Fsp3) is 0.462. The number of carbonyl (C=O) groups is 1. The van der Waals surface area contributed by atoms with Crippen LogP contribution in [0.3, 0.4) is 0 Å². The number of hydrogen-bond acceptors (Lipinski definition) is 3. The van der Waals surface area contributed by atoms with Crippen LogP contribution in [0.1, 0.15) is 42.6 Å². The van der Waals surface area contributed by atoms with E-state index < -0.39 is 0 Å². The molecule has 4 heteroatoms. The standard InChI is InChI=1S/C13H15N2O.Po/c1-8(16)12-7-14-10-5-9(13(2,3)4)6-11(10)15-12;/h6-7H,1,5H2,2-4H3;. The Labute approximate surface area is 117 Å². The van der Waals surface area contributed by atoms with Crippen LogP contribution in [-0.4, -0.2) is 40.8 Å². The Bertz CT molecular complexity index is 501. The van der Waals surface area contributed by atoms with Crippen molar-refractivity contribution in [3.63, 3.8) is 0 Å². The summed E-state index contributed by atoms with van der Waals surface area (Å²) in [5.41, 5.74) is 3.85. The molecule has 1 radical (unpaired) electrons. The fourth-order valence-corrected chi connectivity index (χ4v) is 2.34. The number of allylic oxidation sites excluding steroid dienone is 1. The summed E-state index contributed by atoms with van der Waals surface area (Å²) in [5, 5.41) is 0. The normalized spacial score (nSPS) is 14.5. The van der Waals surface area contributed by atoms with E-state index in [1.165, 1.54) is 30.6 Å². The van der Waals surface area contributed by atoms with Gasteiger partial charge in [0.05, 0.1) is 0 Å². The topological polar surface area (TPSA) is 42.9 Å². The number of rotatable bonds is 2. The molecule has 0 saturated carbocycles. The number of hydrogen-bond donors (Lipinski definition) is 0. The predicted molar refractivity (Wildman–Crippen MR) is 68.1 cm³/mol. The summed E-state index contributed by atoms with van der Waals surface area (Å²) in [6, 6.07) is 0. The predicted octanol–water partition coefficient (Wildman–Crippen LogP) is 2.23. The molecule has 1 aromatic rings. The van der Waals surface area contributed by atoms with E-state index in [4.69, 9.17) is 0 Å². The Morgan fingerprint density at radius 1 is 1.47 bits per heavy atom. The second-order valence-electron chi connectivity index (χ2n) is 5.25. The monoisotopic (exact) mass is 424 g/mol. The molecule has 1 aromatic heterocycles. The number of nitrogens with zero attached hydrogens (tertiary/aromatic N) is 2. The number of Topliss-reactive ketones (excluding diaryl/α,β-unsaturated/α-hetero) is 1. The van der Waals surface area contributed by atoms with E-state index in [0.717, 1.165) is 17.8 Å². The van der Waals surface area contributed by atoms with E-state index in [2.05, 4.69) is 36.8 Å². The molecule has 0 fully saturated rings. The van der Waals surface area contributed by atoms with Crippen molar-refractivity contribution in [1.82, 2.24) is 9.97 Å². The molecule has 1 aliphatic carbocycles. The molecule has 2 rings (SSSR count). The Morgan fingerprint density at radius 3 is 2.76 bits per heavy atom. The van der Waals surface area contributed by atoms with Crippen molar-refractivity contribution >= 4 is 36.9 Å². The third-order valence-electron chi connectivity index (χ3n) is 2.93. The average Bonchev–Trinajstić information content (AvgIpc) is 2.70. The molecule has 1 heterocycles. The maximum atomic E-state index is 11.6. The second-order valence-corrected chi connectivity index (χ2v) is 6.37. The summed E-state index contributed by atoms with van der Waals surface area (Å²) in [6.07, 6.45) is 4.56. The van der Waals surface area contributed by atoms with Crippen LogP contribution in [0.15, 0.2) is 11.8 Å². The first-order valence-electron chi connectivity index (χ1n) is 5.60. The van der Waals surface area contributed by atoms with E-state index in [-0.39, 0.29) is 11.2 Å². The van der Waals surface area contributed by atoms with Crippen LogP contribution >= 0.6 is 0 Å². The minimum atomic E-state index is 0.0907. The third-order valence-corrected chi connectivity index (χ3v) is 3.95. The molecule has 17 heavy (non-hydrogen) atoms. The van der Waals surface area contributed by atoms with Gasteiger partial charge in [0.1, 0.15) is 0 Å². The summed E-state index contributed by atoms with van der Waals surface area (Å²) in [4.78, 5) is 20.4. The van der Waals surface area contributed by atoms with Gasteiger partial charge >= 0.3 is 117 Å². The van der Waals surface area contributed by atoms with Crippen LogP contribution in [0.2, 0.25) is 4.08 Å². The van der Waals surface area contributed by atoms with Crippen molar-refractivity contribution in [3.05, 3.63) is 28.9 Å². The molecular weight excluding hydrogens is 409 g/mol. The Balaban J connectivity index is 2.36. The molecule has 0 N–H and O–H groups in total. The summed E-state index contributed by atoms with van der Waals surface area (Å²) >= 11 is 1.26. The molecule has 0 amide bonds. The summed E-state index contributed by atoms with van der Waals surface area (Å²) in [6.45, 7) is 6.56. The van der Waals surface area contributed by atoms with Crippen molar-refractivity contribution in [2.75, 3.05) is 0 Å². The number of aromatic nitrogens is 2. The quantitative estimate of drug-likeness (QED) is 0.685. The van der Waals surface area contributed by atoms with E-state index in [9.17, 15) is 4.79 Å². The summed E-state index contributed by atoms with van der Waals surface area (Å²) in [5.74, 6) is 0.0907. The van der Waals surface area contributed by atoms with Crippen molar-refractivity contribution in [2.24, 2.45) is 5.41 Å². The first-order chi connectivity index (χ1) is 7.91. The van der Waals surface area contributed by atoms with Crippen LogP contribution in [0.4, 0.5) is 0 Å². The summed E-state index contributed by atoms with van der Waals surface area (Å²) in [7, 11) is 0. The van der Waals surface area contributed by atoms with Gasteiger partial charge in [0.25, 0.3) is 0 Å². The van der Waals surface area contributed by atoms with Crippen LogP contribution in [0.5, 0.6) is 0 Å². The molecule has 0 spiro atoms. The van der Waals surface area contributed by atoms with Gasteiger partial charge in [-0.1, -0.05) is 0 Å². The zero-order valence-electron chi connectivity index (χ0n) is 10.3. The average molecular weight is 424 g/mol. The van der Waals surface area contributed by atoms with E-state index in [1.807, 2.05) is 0 Å². The molecule has 0 atom stereocenters. The van der Waals surface area contributed by atoms with Gasteiger partial charge in [-0.25, -0.2) is 0 Å². The van der Waals surface area contributed by atoms with Gasteiger partial charge in [-0.2, -0.15) is 0 Å². The molecule has 0 unspecified atom stereocenters. The molecule has 0 saturated heterocycles. The van der Waals surface area contributed by atoms with Crippen molar-refractivity contribution < 1.29 is 4.79 Å². The number of fused-ring (bicyclic) bond motifs is 1. The van der Waals surface area contributed by atoms with Gasteiger partial charge in [-0.05, 0) is 0 Å². The van der Waals surface area contributed by atoms with Crippen LogP contribution in [0.25, 0.3) is 6.08 Å². The molecular formula is C13H15N2OPo. The zero-order valence-corrected chi connectivity index (χ0v) is 13.5. The number of carbonyl (C=O) groups excluding carboxylic acids is 1. The van der Waals surface area contributed by atoms with Crippen LogP contribution < -0.4 is 0 Å². The van der Waals surface area contributed by atoms with Gasteiger partial charge in [-0.3, -0.25) is 0 Å². The first kappa shape index (κ1) is 12.8. The Hall–Kier alpha value is -0.614. The minimum absolute atomic E-state index is 0.0907. The molecule has 0 bridgehead atoms. The van der Waals surface area contributed by atoms with Gasteiger partial charge in [0, 0.05) is 0 Å². The molecule has 3 nitrogen and oxygen atoms in total. The van der Waals surface area contributed by atoms with Gasteiger partial charge in [-0.15, -0.1) is 0 Å². The van der Waals surface area contributed by atoms with Crippen molar-refractivity contribution in [2.45, 2.75) is 31.3 Å². The van der Waals surface area contributed by atoms with E-state index in [0.29, 0.717) is 9.77 Å². The van der Waals surface area contributed by atoms with E-state index in [1.54, 1.807) is 6.20 Å². The van der Waals surface area contributed by atoms with Crippen LogP contribution in [-0.2, 0) is 6.42 Å². The summed E-state index contributed by atoms with van der Waals surface area (Å²) < 4.78 is 0.559. The van der Waals surface area contributed by atoms with Gasteiger partial charge in [0.15, 0.2) is 0 Å². The Morgan fingerprint density at radius 2 is 2.18 bits per heavy atom. The Kier molecular flexibility index (Phi) is 3.45. The molecule has 1 aliphatic rings.